The van der Waals surface area contributed by atoms with Crippen LogP contribution in [-0.2, 0) is 13.0 Å². The first-order valence-corrected chi connectivity index (χ1v) is 6.12. The molecule has 0 aliphatic rings. The zero-order valence-electron chi connectivity index (χ0n) is 10.6. The van der Waals surface area contributed by atoms with Gasteiger partial charge in [-0.05, 0) is 18.3 Å². The second-order valence-corrected chi connectivity index (χ2v) is 4.79. The van der Waals surface area contributed by atoms with E-state index in [0.717, 1.165) is 38.1 Å². The molecular weight excluding hydrogens is 202 g/mol. The van der Waals surface area contributed by atoms with E-state index < -0.39 is 0 Å². The highest BCUT2D eigenvalue weighted by Crippen LogP contribution is 2.26. The molecule has 0 radical (unpaired) electrons. The van der Waals surface area contributed by atoms with Crippen molar-refractivity contribution in [2.45, 2.75) is 53.0 Å². The maximum absolute atomic E-state index is 9.48. The highest BCUT2D eigenvalue weighted by molar-refractivity contribution is 4.92. The molecule has 0 spiro atoms. The monoisotopic (exact) mass is 225 g/mol. The summed E-state index contributed by atoms with van der Waals surface area (Å²) in [6.07, 6.45) is 5.56. The largest absolute Gasteiger partial charge is 0.396 e. The summed E-state index contributed by atoms with van der Waals surface area (Å²) in [7, 11) is 0. The van der Waals surface area contributed by atoms with Gasteiger partial charge in [-0.1, -0.05) is 27.2 Å². The minimum atomic E-state index is -0.0622. The normalized spacial score (nSPS) is 15.0. The van der Waals surface area contributed by atoms with E-state index in [1.807, 2.05) is 4.68 Å². The lowest BCUT2D eigenvalue weighted by Crippen LogP contribution is -2.26. The molecule has 1 unspecified atom stereocenters. The minimum absolute atomic E-state index is 0.0622. The number of aryl methyl sites for hydroxylation is 1. The average Bonchev–Trinajstić information content (AvgIpc) is 2.67. The Hall–Kier alpha value is -0.900. The van der Waals surface area contributed by atoms with Crippen molar-refractivity contribution in [3.63, 3.8) is 0 Å². The molecule has 4 heteroatoms. The Morgan fingerprint density at radius 2 is 2.12 bits per heavy atom. The maximum Gasteiger partial charge on any atom is 0.138 e. The molecule has 0 fully saturated rings. The van der Waals surface area contributed by atoms with Crippen molar-refractivity contribution in [2.24, 2.45) is 5.41 Å². The SMILES string of the molecule is CCCn1ncnc1CC(C)(CO)CCC. The number of aromatic nitrogens is 3. The standard InChI is InChI=1S/C12H23N3O/c1-4-6-12(3,9-16)8-11-13-10-14-15(11)7-5-2/h10,16H,4-9H2,1-3H3. The molecular formula is C12H23N3O. The Labute approximate surface area is 97.7 Å². The van der Waals surface area contributed by atoms with E-state index in [2.05, 4.69) is 30.9 Å². The van der Waals surface area contributed by atoms with Crippen LogP contribution >= 0.6 is 0 Å². The first-order chi connectivity index (χ1) is 7.65. The number of aliphatic hydroxyl groups excluding tert-OH is 1. The second kappa shape index (κ2) is 5.99. The molecule has 1 aromatic rings. The van der Waals surface area contributed by atoms with Crippen LogP contribution in [0.4, 0.5) is 0 Å². The van der Waals surface area contributed by atoms with Crippen molar-refractivity contribution in [3.8, 4) is 0 Å². The molecule has 1 aromatic heterocycles. The van der Waals surface area contributed by atoms with Crippen LogP contribution in [-0.4, -0.2) is 26.5 Å². The van der Waals surface area contributed by atoms with E-state index in [1.54, 1.807) is 6.33 Å². The Morgan fingerprint density at radius 1 is 1.38 bits per heavy atom. The van der Waals surface area contributed by atoms with Crippen LogP contribution in [0.1, 0.15) is 45.9 Å². The fraction of sp³-hybridized carbons (Fsp3) is 0.833. The fourth-order valence-corrected chi connectivity index (χ4v) is 2.03. The summed E-state index contributed by atoms with van der Waals surface area (Å²) in [5.74, 6) is 0.992. The molecule has 4 nitrogen and oxygen atoms in total. The van der Waals surface area contributed by atoms with E-state index in [-0.39, 0.29) is 12.0 Å². The smallest absolute Gasteiger partial charge is 0.138 e. The van der Waals surface area contributed by atoms with Gasteiger partial charge in [0.1, 0.15) is 12.2 Å². The third-order valence-corrected chi connectivity index (χ3v) is 2.95. The van der Waals surface area contributed by atoms with Crippen LogP contribution in [0, 0.1) is 5.41 Å². The van der Waals surface area contributed by atoms with E-state index >= 15 is 0 Å². The van der Waals surface area contributed by atoms with Crippen LogP contribution in [0.5, 0.6) is 0 Å². The first-order valence-electron chi connectivity index (χ1n) is 6.12. The molecule has 0 aliphatic carbocycles. The molecule has 92 valence electrons. The van der Waals surface area contributed by atoms with E-state index in [1.165, 1.54) is 0 Å². The van der Waals surface area contributed by atoms with Gasteiger partial charge in [0, 0.05) is 19.6 Å². The van der Waals surface area contributed by atoms with Crippen LogP contribution in [0.2, 0.25) is 0 Å². The lowest BCUT2D eigenvalue weighted by atomic mass is 9.83. The van der Waals surface area contributed by atoms with Crippen LogP contribution in [0.15, 0.2) is 6.33 Å². The molecule has 1 atom stereocenters. The van der Waals surface area contributed by atoms with Gasteiger partial charge in [0.05, 0.1) is 0 Å². The number of hydrogen-bond acceptors (Lipinski definition) is 3. The highest BCUT2D eigenvalue weighted by atomic mass is 16.3. The second-order valence-electron chi connectivity index (χ2n) is 4.79. The number of nitrogens with zero attached hydrogens (tertiary/aromatic N) is 3. The number of rotatable bonds is 7. The van der Waals surface area contributed by atoms with Crippen molar-refractivity contribution in [1.29, 1.82) is 0 Å². The molecule has 16 heavy (non-hydrogen) atoms. The van der Waals surface area contributed by atoms with E-state index in [0.29, 0.717) is 0 Å². The van der Waals surface area contributed by atoms with Crippen LogP contribution < -0.4 is 0 Å². The quantitative estimate of drug-likeness (QED) is 0.772. The van der Waals surface area contributed by atoms with Gasteiger partial charge in [-0.2, -0.15) is 5.10 Å². The number of hydrogen-bond donors (Lipinski definition) is 1. The van der Waals surface area contributed by atoms with Gasteiger partial charge >= 0.3 is 0 Å². The molecule has 0 saturated heterocycles. The summed E-state index contributed by atoms with van der Waals surface area (Å²) in [6.45, 7) is 7.50. The molecule has 1 N–H and O–H groups in total. The fourth-order valence-electron chi connectivity index (χ4n) is 2.03. The Morgan fingerprint density at radius 3 is 2.69 bits per heavy atom. The van der Waals surface area contributed by atoms with Crippen molar-refractivity contribution in [3.05, 3.63) is 12.2 Å². The minimum Gasteiger partial charge on any atom is -0.396 e. The summed E-state index contributed by atoms with van der Waals surface area (Å²) in [6, 6.07) is 0. The molecule has 0 amide bonds. The van der Waals surface area contributed by atoms with E-state index in [4.69, 9.17) is 0 Å². The van der Waals surface area contributed by atoms with Gasteiger partial charge in [-0.25, -0.2) is 4.98 Å². The van der Waals surface area contributed by atoms with Crippen molar-refractivity contribution in [1.82, 2.24) is 14.8 Å². The lowest BCUT2D eigenvalue weighted by molar-refractivity contribution is 0.128. The zero-order valence-corrected chi connectivity index (χ0v) is 10.6. The first kappa shape index (κ1) is 13.2. The average molecular weight is 225 g/mol. The van der Waals surface area contributed by atoms with Gasteiger partial charge in [0.2, 0.25) is 0 Å². The van der Waals surface area contributed by atoms with Crippen LogP contribution in [0.25, 0.3) is 0 Å². The number of aliphatic hydroxyl groups is 1. The van der Waals surface area contributed by atoms with Gasteiger partial charge < -0.3 is 5.11 Å². The molecule has 0 bridgehead atoms. The third-order valence-electron chi connectivity index (χ3n) is 2.95. The van der Waals surface area contributed by atoms with Crippen molar-refractivity contribution < 1.29 is 5.11 Å². The summed E-state index contributed by atoms with van der Waals surface area (Å²) in [4.78, 5) is 4.29. The van der Waals surface area contributed by atoms with Gasteiger partial charge in [0.15, 0.2) is 0 Å². The maximum atomic E-state index is 9.48. The third kappa shape index (κ3) is 3.30. The summed E-state index contributed by atoms with van der Waals surface area (Å²) in [5.41, 5.74) is -0.0622. The van der Waals surface area contributed by atoms with Crippen LogP contribution in [0.3, 0.4) is 0 Å². The zero-order chi connectivity index (χ0) is 12.0. The Bertz CT molecular complexity index is 311. The molecule has 1 heterocycles. The highest BCUT2D eigenvalue weighted by Gasteiger charge is 2.25. The summed E-state index contributed by atoms with van der Waals surface area (Å²) < 4.78 is 1.95. The summed E-state index contributed by atoms with van der Waals surface area (Å²) in [5, 5.41) is 13.7. The van der Waals surface area contributed by atoms with E-state index in [9.17, 15) is 5.11 Å². The molecule has 1 rings (SSSR count). The van der Waals surface area contributed by atoms with Gasteiger partial charge in [-0.3, -0.25) is 4.68 Å². The Kier molecular flexibility index (Phi) is 4.93. The lowest BCUT2D eigenvalue weighted by Gasteiger charge is -2.26. The topological polar surface area (TPSA) is 50.9 Å². The molecule has 0 saturated carbocycles. The predicted octanol–water partition coefficient (Wildman–Crippen LogP) is 2.03. The van der Waals surface area contributed by atoms with Crippen molar-refractivity contribution >= 4 is 0 Å². The Balaban J connectivity index is 2.73. The van der Waals surface area contributed by atoms with Gasteiger partial charge in [-0.15, -0.1) is 0 Å². The summed E-state index contributed by atoms with van der Waals surface area (Å²) >= 11 is 0. The van der Waals surface area contributed by atoms with Gasteiger partial charge in [0.25, 0.3) is 0 Å². The van der Waals surface area contributed by atoms with Crippen molar-refractivity contribution in [2.75, 3.05) is 6.61 Å². The predicted molar refractivity (Wildman–Crippen MR) is 64.1 cm³/mol. The molecule has 0 aliphatic heterocycles. The molecule has 0 aromatic carbocycles.